The molecule has 7 heteroatoms. The SMILES string of the molecule is CN(Cc1ccc(Cl)s1)C(=O)CSc1ccc2c(c1)OCCCO2. The zero-order valence-electron chi connectivity index (χ0n) is 13.3. The van der Waals surface area contributed by atoms with Gasteiger partial charge in [-0.2, -0.15) is 0 Å². The van der Waals surface area contributed by atoms with Crippen LogP contribution in [0.25, 0.3) is 0 Å². The molecule has 1 aliphatic heterocycles. The van der Waals surface area contributed by atoms with Gasteiger partial charge in [0.2, 0.25) is 5.91 Å². The van der Waals surface area contributed by atoms with E-state index in [2.05, 4.69) is 0 Å². The zero-order valence-corrected chi connectivity index (χ0v) is 15.7. The van der Waals surface area contributed by atoms with Gasteiger partial charge in [0.15, 0.2) is 11.5 Å². The maximum absolute atomic E-state index is 12.3. The second-order valence-corrected chi connectivity index (χ2v) is 8.25. The van der Waals surface area contributed by atoms with Crippen molar-refractivity contribution in [2.45, 2.75) is 17.9 Å². The molecule has 0 atom stereocenters. The normalized spacial score (nSPS) is 13.4. The Kier molecular flexibility index (Phi) is 5.92. The van der Waals surface area contributed by atoms with Crippen molar-refractivity contribution < 1.29 is 14.3 Å². The van der Waals surface area contributed by atoms with Crippen molar-refractivity contribution in [1.82, 2.24) is 4.90 Å². The van der Waals surface area contributed by atoms with Gasteiger partial charge in [0, 0.05) is 23.2 Å². The zero-order chi connectivity index (χ0) is 16.9. The minimum Gasteiger partial charge on any atom is -0.490 e. The number of nitrogens with zero attached hydrogens (tertiary/aromatic N) is 1. The summed E-state index contributed by atoms with van der Waals surface area (Å²) in [5, 5.41) is 0. The highest BCUT2D eigenvalue weighted by atomic mass is 35.5. The number of fused-ring (bicyclic) bond motifs is 1. The lowest BCUT2D eigenvalue weighted by Crippen LogP contribution is -2.27. The number of hydrogen-bond donors (Lipinski definition) is 0. The van der Waals surface area contributed by atoms with Crippen LogP contribution < -0.4 is 9.47 Å². The molecule has 128 valence electrons. The average molecular weight is 384 g/mol. The van der Waals surface area contributed by atoms with Crippen LogP contribution >= 0.6 is 34.7 Å². The minimum absolute atomic E-state index is 0.0802. The molecule has 0 saturated carbocycles. The number of amides is 1. The summed E-state index contributed by atoms with van der Waals surface area (Å²) in [4.78, 5) is 16.1. The van der Waals surface area contributed by atoms with Crippen molar-refractivity contribution in [3.8, 4) is 11.5 Å². The fraction of sp³-hybridized carbons (Fsp3) is 0.353. The van der Waals surface area contributed by atoms with Crippen molar-refractivity contribution >= 4 is 40.6 Å². The molecule has 0 radical (unpaired) electrons. The summed E-state index contributed by atoms with van der Waals surface area (Å²) >= 11 is 8.93. The summed E-state index contributed by atoms with van der Waals surface area (Å²) < 4.78 is 12.0. The van der Waals surface area contributed by atoms with E-state index in [0.29, 0.717) is 25.5 Å². The molecule has 0 unspecified atom stereocenters. The molecule has 1 aromatic heterocycles. The van der Waals surface area contributed by atoms with Gasteiger partial charge in [0.1, 0.15) is 0 Å². The molecular formula is C17H18ClNO3S2. The van der Waals surface area contributed by atoms with Crippen molar-refractivity contribution in [3.05, 3.63) is 39.5 Å². The molecule has 0 bridgehead atoms. The third-order valence-electron chi connectivity index (χ3n) is 3.53. The second kappa shape index (κ2) is 8.14. The van der Waals surface area contributed by atoms with Crippen LogP contribution in [-0.4, -0.2) is 36.8 Å². The highest BCUT2D eigenvalue weighted by Crippen LogP contribution is 2.34. The van der Waals surface area contributed by atoms with Crippen LogP contribution in [-0.2, 0) is 11.3 Å². The number of carbonyl (C=O) groups is 1. The topological polar surface area (TPSA) is 38.8 Å². The standard InChI is InChI=1S/C17H18ClNO3S2/c1-19(10-13-4-6-16(18)24-13)17(20)11-23-12-3-5-14-15(9-12)22-8-2-7-21-14/h3-6,9H,2,7-8,10-11H2,1H3. The number of ether oxygens (including phenoxy) is 2. The molecule has 0 spiro atoms. The van der Waals surface area contributed by atoms with E-state index in [1.165, 1.54) is 23.1 Å². The Morgan fingerprint density at radius 1 is 1.25 bits per heavy atom. The summed E-state index contributed by atoms with van der Waals surface area (Å²) in [5.74, 6) is 1.99. The predicted octanol–water partition coefficient (Wildman–Crippen LogP) is 4.31. The van der Waals surface area contributed by atoms with E-state index >= 15 is 0 Å². The van der Waals surface area contributed by atoms with Gasteiger partial charge in [-0.3, -0.25) is 4.79 Å². The minimum atomic E-state index is 0.0802. The van der Waals surface area contributed by atoms with Gasteiger partial charge in [-0.15, -0.1) is 23.1 Å². The van der Waals surface area contributed by atoms with Crippen LogP contribution in [0.2, 0.25) is 4.34 Å². The molecule has 1 amide bonds. The number of rotatable bonds is 5. The van der Waals surface area contributed by atoms with E-state index in [-0.39, 0.29) is 5.91 Å². The molecule has 0 aliphatic carbocycles. The molecular weight excluding hydrogens is 366 g/mol. The van der Waals surface area contributed by atoms with E-state index in [9.17, 15) is 4.79 Å². The molecule has 2 aromatic rings. The van der Waals surface area contributed by atoms with Crippen LogP contribution in [0.3, 0.4) is 0 Å². The average Bonchev–Trinajstić information content (AvgIpc) is 2.84. The number of carbonyl (C=O) groups excluding carboxylic acids is 1. The monoisotopic (exact) mass is 383 g/mol. The Labute approximate surface area is 154 Å². The number of thioether (sulfide) groups is 1. The van der Waals surface area contributed by atoms with Crippen LogP contribution in [0.1, 0.15) is 11.3 Å². The van der Waals surface area contributed by atoms with Crippen molar-refractivity contribution in [1.29, 1.82) is 0 Å². The number of halogens is 1. The first-order chi connectivity index (χ1) is 11.6. The Balaban J connectivity index is 1.55. The van der Waals surface area contributed by atoms with Gasteiger partial charge in [-0.05, 0) is 30.3 Å². The quantitative estimate of drug-likeness (QED) is 0.721. The van der Waals surface area contributed by atoms with E-state index in [4.69, 9.17) is 21.1 Å². The van der Waals surface area contributed by atoms with Gasteiger partial charge < -0.3 is 14.4 Å². The predicted molar refractivity (Wildman–Crippen MR) is 98.6 cm³/mol. The maximum Gasteiger partial charge on any atom is 0.233 e. The molecule has 0 N–H and O–H groups in total. The third-order valence-corrected chi connectivity index (χ3v) is 5.72. The van der Waals surface area contributed by atoms with E-state index in [1.54, 1.807) is 4.90 Å². The summed E-state index contributed by atoms with van der Waals surface area (Å²) in [6.07, 6.45) is 0.882. The lowest BCUT2D eigenvalue weighted by molar-refractivity contribution is -0.127. The first-order valence-electron chi connectivity index (χ1n) is 7.62. The number of thiophene rings is 1. The Morgan fingerprint density at radius 3 is 2.79 bits per heavy atom. The molecule has 2 heterocycles. The summed E-state index contributed by atoms with van der Waals surface area (Å²) in [7, 11) is 1.81. The first-order valence-corrected chi connectivity index (χ1v) is 9.80. The van der Waals surface area contributed by atoms with Crippen molar-refractivity contribution in [2.75, 3.05) is 26.0 Å². The lowest BCUT2D eigenvalue weighted by Gasteiger charge is -2.16. The van der Waals surface area contributed by atoms with Gasteiger partial charge in [0.05, 0.1) is 29.8 Å². The first kappa shape index (κ1) is 17.5. The Hall–Kier alpha value is -1.37. The van der Waals surface area contributed by atoms with Crippen LogP contribution in [0.4, 0.5) is 0 Å². The van der Waals surface area contributed by atoms with Gasteiger partial charge in [-0.1, -0.05) is 11.6 Å². The number of hydrogen-bond acceptors (Lipinski definition) is 5. The van der Waals surface area contributed by atoms with Gasteiger partial charge in [0.25, 0.3) is 0 Å². The largest absolute Gasteiger partial charge is 0.490 e. The summed E-state index contributed by atoms with van der Waals surface area (Å²) in [6, 6.07) is 9.62. The van der Waals surface area contributed by atoms with E-state index in [0.717, 1.165) is 32.0 Å². The second-order valence-electron chi connectivity index (χ2n) is 5.40. The smallest absolute Gasteiger partial charge is 0.233 e. The van der Waals surface area contributed by atoms with Gasteiger partial charge >= 0.3 is 0 Å². The molecule has 4 nitrogen and oxygen atoms in total. The molecule has 24 heavy (non-hydrogen) atoms. The van der Waals surface area contributed by atoms with Crippen molar-refractivity contribution in [2.24, 2.45) is 0 Å². The molecule has 3 rings (SSSR count). The van der Waals surface area contributed by atoms with Crippen LogP contribution in [0, 0.1) is 0 Å². The lowest BCUT2D eigenvalue weighted by atomic mass is 10.3. The summed E-state index contributed by atoms with van der Waals surface area (Å²) in [5.41, 5.74) is 0. The highest BCUT2D eigenvalue weighted by molar-refractivity contribution is 8.00. The van der Waals surface area contributed by atoms with Crippen LogP contribution in [0.15, 0.2) is 35.2 Å². The van der Waals surface area contributed by atoms with Crippen molar-refractivity contribution in [3.63, 3.8) is 0 Å². The summed E-state index contributed by atoms with van der Waals surface area (Å²) in [6.45, 7) is 1.92. The molecule has 0 saturated heterocycles. The fourth-order valence-electron chi connectivity index (χ4n) is 2.25. The number of benzene rings is 1. The molecule has 0 fully saturated rings. The Bertz CT molecular complexity index is 720. The molecule has 1 aromatic carbocycles. The third kappa shape index (κ3) is 4.59. The molecule has 1 aliphatic rings. The highest BCUT2D eigenvalue weighted by Gasteiger charge is 2.14. The van der Waals surface area contributed by atoms with Gasteiger partial charge in [-0.25, -0.2) is 0 Å². The van der Waals surface area contributed by atoms with Crippen LogP contribution in [0.5, 0.6) is 11.5 Å². The Morgan fingerprint density at radius 2 is 2.04 bits per heavy atom. The fourth-order valence-corrected chi connectivity index (χ4v) is 4.25. The van der Waals surface area contributed by atoms with E-state index in [1.807, 2.05) is 37.4 Å². The maximum atomic E-state index is 12.3. The van der Waals surface area contributed by atoms with E-state index < -0.39 is 0 Å².